The van der Waals surface area contributed by atoms with Crippen LogP contribution < -0.4 is 0 Å². The summed E-state index contributed by atoms with van der Waals surface area (Å²) in [5.41, 5.74) is 3.90. The minimum Gasteiger partial charge on any atom is -0.392 e. The standard InChI is InChI=1S/C13H13NO/c1-10-7-8-14-13(12(10)9-15)11-5-3-2-4-6-11/h2-8,15H,9H2,1H3. The van der Waals surface area contributed by atoms with Crippen molar-refractivity contribution in [2.75, 3.05) is 0 Å². The molecule has 1 aromatic heterocycles. The minimum absolute atomic E-state index is 0.0316. The first kappa shape index (κ1) is 9.87. The Labute approximate surface area is 89.2 Å². The average Bonchev–Trinajstić information content (AvgIpc) is 2.30. The second-order valence-corrected chi connectivity index (χ2v) is 3.48. The molecule has 0 aliphatic carbocycles. The Bertz CT molecular complexity index is 451. The van der Waals surface area contributed by atoms with Crippen LogP contribution in [-0.2, 0) is 6.61 Å². The maximum absolute atomic E-state index is 9.32. The molecule has 0 atom stereocenters. The lowest BCUT2D eigenvalue weighted by atomic mass is 10.0. The van der Waals surface area contributed by atoms with E-state index in [0.29, 0.717) is 0 Å². The molecule has 0 spiro atoms. The normalized spacial score (nSPS) is 10.3. The van der Waals surface area contributed by atoms with Gasteiger partial charge in [-0.2, -0.15) is 0 Å². The molecule has 0 saturated heterocycles. The van der Waals surface area contributed by atoms with Crippen molar-refractivity contribution in [2.24, 2.45) is 0 Å². The van der Waals surface area contributed by atoms with Gasteiger partial charge < -0.3 is 5.11 Å². The summed E-state index contributed by atoms with van der Waals surface area (Å²) in [7, 11) is 0. The Kier molecular flexibility index (Phi) is 2.79. The SMILES string of the molecule is Cc1ccnc(-c2ccccc2)c1CO. The predicted octanol–water partition coefficient (Wildman–Crippen LogP) is 2.55. The largest absolute Gasteiger partial charge is 0.392 e. The van der Waals surface area contributed by atoms with E-state index in [1.54, 1.807) is 6.20 Å². The van der Waals surface area contributed by atoms with E-state index in [1.807, 2.05) is 43.3 Å². The molecule has 0 fully saturated rings. The number of hydrogen-bond donors (Lipinski definition) is 1. The van der Waals surface area contributed by atoms with Crippen molar-refractivity contribution in [2.45, 2.75) is 13.5 Å². The van der Waals surface area contributed by atoms with Crippen LogP contribution >= 0.6 is 0 Å². The van der Waals surface area contributed by atoms with Crippen molar-refractivity contribution >= 4 is 0 Å². The van der Waals surface area contributed by atoms with Crippen LogP contribution in [0.2, 0.25) is 0 Å². The van der Waals surface area contributed by atoms with Crippen molar-refractivity contribution in [3.05, 3.63) is 53.7 Å². The summed E-state index contributed by atoms with van der Waals surface area (Å²) in [6.45, 7) is 2.02. The molecule has 0 aliphatic rings. The lowest BCUT2D eigenvalue weighted by Crippen LogP contribution is -1.96. The summed E-state index contributed by atoms with van der Waals surface area (Å²) in [6.07, 6.45) is 1.77. The monoisotopic (exact) mass is 199 g/mol. The second kappa shape index (κ2) is 4.24. The van der Waals surface area contributed by atoms with E-state index in [2.05, 4.69) is 4.98 Å². The maximum atomic E-state index is 9.32. The van der Waals surface area contributed by atoms with Crippen LogP contribution in [0.25, 0.3) is 11.3 Å². The van der Waals surface area contributed by atoms with E-state index >= 15 is 0 Å². The lowest BCUT2D eigenvalue weighted by Gasteiger charge is -2.08. The molecule has 0 radical (unpaired) electrons. The van der Waals surface area contributed by atoms with Crippen molar-refractivity contribution < 1.29 is 5.11 Å². The van der Waals surface area contributed by atoms with Gasteiger partial charge in [0.05, 0.1) is 12.3 Å². The van der Waals surface area contributed by atoms with Crippen molar-refractivity contribution in [1.29, 1.82) is 0 Å². The van der Waals surface area contributed by atoms with E-state index in [1.165, 1.54) is 0 Å². The number of pyridine rings is 1. The molecule has 15 heavy (non-hydrogen) atoms. The molecule has 0 amide bonds. The minimum atomic E-state index is 0.0316. The second-order valence-electron chi connectivity index (χ2n) is 3.48. The highest BCUT2D eigenvalue weighted by molar-refractivity contribution is 5.63. The lowest BCUT2D eigenvalue weighted by molar-refractivity contribution is 0.281. The van der Waals surface area contributed by atoms with Gasteiger partial charge in [0, 0.05) is 17.3 Å². The van der Waals surface area contributed by atoms with Gasteiger partial charge in [-0.3, -0.25) is 4.98 Å². The highest BCUT2D eigenvalue weighted by Crippen LogP contribution is 2.23. The molecule has 0 saturated carbocycles. The smallest absolute Gasteiger partial charge is 0.0759 e. The quantitative estimate of drug-likeness (QED) is 0.806. The average molecular weight is 199 g/mol. The molecule has 2 aromatic rings. The zero-order chi connectivity index (χ0) is 10.7. The van der Waals surface area contributed by atoms with Gasteiger partial charge in [0.1, 0.15) is 0 Å². The molecular formula is C13H13NO. The number of aromatic nitrogens is 1. The number of aryl methyl sites for hydroxylation is 1. The van der Waals surface area contributed by atoms with Gasteiger partial charge in [-0.15, -0.1) is 0 Å². The fraction of sp³-hybridized carbons (Fsp3) is 0.154. The number of nitrogens with zero attached hydrogens (tertiary/aromatic N) is 1. The van der Waals surface area contributed by atoms with Gasteiger partial charge in [0.25, 0.3) is 0 Å². The van der Waals surface area contributed by atoms with E-state index in [-0.39, 0.29) is 6.61 Å². The van der Waals surface area contributed by atoms with Crippen LogP contribution in [0.4, 0.5) is 0 Å². The first-order valence-electron chi connectivity index (χ1n) is 4.93. The number of hydrogen-bond acceptors (Lipinski definition) is 2. The number of aliphatic hydroxyl groups excluding tert-OH is 1. The van der Waals surface area contributed by atoms with Crippen LogP contribution in [-0.4, -0.2) is 10.1 Å². The van der Waals surface area contributed by atoms with Crippen LogP contribution in [0.1, 0.15) is 11.1 Å². The molecule has 0 bridgehead atoms. The topological polar surface area (TPSA) is 33.1 Å². The third kappa shape index (κ3) is 1.90. The van der Waals surface area contributed by atoms with Crippen LogP contribution in [0.3, 0.4) is 0 Å². The maximum Gasteiger partial charge on any atom is 0.0759 e. The Morgan fingerprint density at radius 1 is 1.13 bits per heavy atom. The summed E-state index contributed by atoms with van der Waals surface area (Å²) in [6, 6.07) is 11.8. The summed E-state index contributed by atoms with van der Waals surface area (Å²) in [5, 5.41) is 9.32. The van der Waals surface area contributed by atoms with Gasteiger partial charge in [0.2, 0.25) is 0 Å². The van der Waals surface area contributed by atoms with E-state index in [9.17, 15) is 5.11 Å². The Balaban J connectivity index is 2.58. The summed E-state index contributed by atoms with van der Waals surface area (Å²) >= 11 is 0. The third-order valence-electron chi connectivity index (χ3n) is 2.50. The van der Waals surface area contributed by atoms with Gasteiger partial charge >= 0.3 is 0 Å². The van der Waals surface area contributed by atoms with Crippen molar-refractivity contribution in [3.8, 4) is 11.3 Å². The van der Waals surface area contributed by atoms with Crippen LogP contribution in [0.5, 0.6) is 0 Å². The van der Waals surface area contributed by atoms with Gasteiger partial charge in [-0.25, -0.2) is 0 Å². The molecule has 1 aromatic carbocycles. The zero-order valence-corrected chi connectivity index (χ0v) is 8.64. The molecule has 2 nitrogen and oxygen atoms in total. The van der Waals surface area contributed by atoms with E-state index < -0.39 is 0 Å². The molecule has 1 heterocycles. The van der Waals surface area contributed by atoms with Gasteiger partial charge in [-0.05, 0) is 18.6 Å². The fourth-order valence-electron chi connectivity index (χ4n) is 1.63. The molecule has 76 valence electrons. The first-order valence-corrected chi connectivity index (χ1v) is 4.93. The summed E-state index contributed by atoms with van der Waals surface area (Å²) in [4.78, 5) is 4.32. The van der Waals surface area contributed by atoms with Crippen LogP contribution in [0, 0.1) is 6.92 Å². The molecule has 0 unspecified atom stereocenters. The Morgan fingerprint density at radius 3 is 2.53 bits per heavy atom. The third-order valence-corrected chi connectivity index (χ3v) is 2.50. The van der Waals surface area contributed by atoms with Gasteiger partial charge in [0.15, 0.2) is 0 Å². The molecule has 2 rings (SSSR count). The molecular weight excluding hydrogens is 186 g/mol. The highest BCUT2D eigenvalue weighted by Gasteiger charge is 2.07. The number of benzene rings is 1. The number of aliphatic hydroxyl groups is 1. The molecule has 1 N–H and O–H groups in total. The first-order chi connectivity index (χ1) is 7.33. The van der Waals surface area contributed by atoms with Crippen molar-refractivity contribution in [3.63, 3.8) is 0 Å². The van der Waals surface area contributed by atoms with Crippen molar-refractivity contribution in [1.82, 2.24) is 4.98 Å². The highest BCUT2D eigenvalue weighted by atomic mass is 16.3. The van der Waals surface area contributed by atoms with Gasteiger partial charge in [-0.1, -0.05) is 30.3 Å². The van der Waals surface area contributed by atoms with E-state index in [0.717, 1.165) is 22.4 Å². The van der Waals surface area contributed by atoms with E-state index in [4.69, 9.17) is 0 Å². The molecule has 2 heteroatoms. The molecule has 0 aliphatic heterocycles. The zero-order valence-electron chi connectivity index (χ0n) is 8.64. The number of rotatable bonds is 2. The predicted molar refractivity (Wildman–Crippen MR) is 60.3 cm³/mol. The van der Waals surface area contributed by atoms with Crippen LogP contribution in [0.15, 0.2) is 42.6 Å². The Hall–Kier alpha value is -1.67. The fourth-order valence-corrected chi connectivity index (χ4v) is 1.63. The Morgan fingerprint density at radius 2 is 1.87 bits per heavy atom. The summed E-state index contributed by atoms with van der Waals surface area (Å²) < 4.78 is 0. The summed E-state index contributed by atoms with van der Waals surface area (Å²) in [5.74, 6) is 0.